The Hall–Kier alpha value is -2.24. The summed E-state index contributed by atoms with van der Waals surface area (Å²) in [4.78, 5) is 27.7. The van der Waals surface area contributed by atoms with Crippen LogP contribution in [-0.4, -0.2) is 42.9 Å². The van der Waals surface area contributed by atoms with E-state index in [0.29, 0.717) is 34.4 Å². The van der Waals surface area contributed by atoms with Crippen molar-refractivity contribution < 1.29 is 9.59 Å². The fourth-order valence-electron chi connectivity index (χ4n) is 2.95. The van der Waals surface area contributed by atoms with Crippen molar-refractivity contribution in [2.75, 3.05) is 36.4 Å². The van der Waals surface area contributed by atoms with Gasteiger partial charge in [0.05, 0.1) is 21.3 Å². The number of carbonyl (C=O) groups is 2. The standard InChI is InChI=1S/C19H19Cl2N3O2/c1-13(25)23-8-10-24(11-9-23)18-7-6-14(12-17(18)21)22-19(26)15-4-2-3-5-16(15)20/h2-7,12H,8-11H2,1H3,(H,22,26). The lowest BCUT2D eigenvalue weighted by atomic mass is 10.2. The molecule has 2 aromatic carbocycles. The number of amides is 2. The summed E-state index contributed by atoms with van der Waals surface area (Å²) >= 11 is 12.5. The lowest BCUT2D eigenvalue weighted by molar-refractivity contribution is -0.129. The zero-order valence-electron chi connectivity index (χ0n) is 14.3. The van der Waals surface area contributed by atoms with E-state index in [4.69, 9.17) is 23.2 Å². The highest BCUT2D eigenvalue weighted by atomic mass is 35.5. The van der Waals surface area contributed by atoms with Gasteiger partial charge in [0.15, 0.2) is 0 Å². The third-order valence-electron chi connectivity index (χ3n) is 4.39. The number of rotatable bonds is 3. The summed E-state index contributed by atoms with van der Waals surface area (Å²) in [6.45, 7) is 4.39. The Bertz CT molecular complexity index is 833. The van der Waals surface area contributed by atoms with Crippen LogP contribution in [-0.2, 0) is 4.79 Å². The zero-order valence-corrected chi connectivity index (χ0v) is 15.8. The summed E-state index contributed by atoms with van der Waals surface area (Å²) in [7, 11) is 0. The molecule has 0 atom stereocenters. The number of hydrogen-bond acceptors (Lipinski definition) is 3. The number of piperazine rings is 1. The van der Waals surface area contributed by atoms with Crippen LogP contribution in [0.3, 0.4) is 0 Å². The maximum atomic E-state index is 12.3. The summed E-state index contributed by atoms with van der Waals surface area (Å²) in [5.74, 6) is -0.192. The van der Waals surface area contributed by atoms with E-state index < -0.39 is 0 Å². The van der Waals surface area contributed by atoms with Gasteiger partial charge in [-0.2, -0.15) is 0 Å². The number of nitrogens with zero attached hydrogens (tertiary/aromatic N) is 2. The molecular weight excluding hydrogens is 373 g/mol. The maximum Gasteiger partial charge on any atom is 0.257 e. The Morgan fingerprint density at radius 1 is 0.962 bits per heavy atom. The largest absolute Gasteiger partial charge is 0.367 e. The molecule has 2 amide bonds. The third-order valence-corrected chi connectivity index (χ3v) is 5.02. The van der Waals surface area contributed by atoms with E-state index >= 15 is 0 Å². The van der Waals surface area contributed by atoms with Gasteiger partial charge in [-0.3, -0.25) is 9.59 Å². The number of hydrogen-bond donors (Lipinski definition) is 1. The van der Waals surface area contributed by atoms with E-state index in [1.165, 1.54) is 0 Å². The molecular formula is C19H19Cl2N3O2. The fraction of sp³-hybridized carbons (Fsp3) is 0.263. The molecule has 5 nitrogen and oxygen atoms in total. The van der Waals surface area contributed by atoms with Crippen molar-refractivity contribution in [2.45, 2.75) is 6.92 Å². The van der Waals surface area contributed by atoms with Gasteiger partial charge in [0.1, 0.15) is 0 Å². The highest BCUT2D eigenvalue weighted by molar-refractivity contribution is 6.35. The molecule has 1 saturated heterocycles. The minimum atomic E-state index is -0.283. The SMILES string of the molecule is CC(=O)N1CCN(c2ccc(NC(=O)c3ccccc3Cl)cc2Cl)CC1. The van der Waals surface area contributed by atoms with Crippen LogP contribution in [0.2, 0.25) is 10.0 Å². The average molecular weight is 392 g/mol. The monoisotopic (exact) mass is 391 g/mol. The van der Waals surface area contributed by atoms with Crippen LogP contribution in [0.4, 0.5) is 11.4 Å². The molecule has 0 unspecified atom stereocenters. The van der Waals surface area contributed by atoms with Gasteiger partial charge in [0.2, 0.25) is 5.91 Å². The summed E-state index contributed by atoms with van der Waals surface area (Å²) in [5, 5.41) is 3.77. The Morgan fingerprint density at radius 2 is 1.65 bits per heavy atom. The lowest BCUT2D eigenvalue weighted by Crippen LogP contribution is -2.48. The molecule has 1 N–H and O–H groups in total. The van der Waals surface area contributed by atoms with Crippen LogP contribution in [0.15, 0.2) is 42.5 Å². The molecule has 0 radical (unpaired) electrons. The van der Waals surface area contributed by atoms with Crippen LogP contribution in [0, 0.1) is 0 Å². The second-order valence-corrected chi connectivity index (χ2v) is 6.91. The van der Waals surface area contributed by atoms with Crippen LogP contribution < -0.4 is 10.2 Å². The van der Waals surface area contributed by atoms with E-state index in [9.17, 15) is 9.59 Å². The Kier molecular flexibility index (Phi) is 5.69. The summed E-state index contributed by atoms with van der Waals surface area (Å²) < 4.78 is 0. The predicted molar refractivity (Wildman–Crippen MR) is 105 cm³/mol. The van der Waals surface area contributed by atoms with E-state index in [-0.39, 0.29) is 11.8 Å². The highest BCUT2D eigenvalue weighted by Crippen LogP contribution is 2.30. The maximum absolute atomic E-state index is 12.3. The summed E-state index contributed by atoms with van der Waals surface area (Å²) in [5.41, 5.74) is 1.91. The molecule has 7 heteroatoms. The molecule has 1 aliphatic heterocycles. The van der Waals surface area contributed by atoms with Gasteiger partial charge < -0.3 is 15.1 Å². The number of anilines is 2. The van der Waals surface area contributed by atoms with Gasteiger partial charge in [-0.25, -0.2) is 0 Å². The average Bonchev–Trinajstić information content (AvgIpc) is 2.62. The molecule has 1 heterocycles. The van der Waals surface area contributed by atoms with Crippen molar-refractivity contribution in [1.29, 1.82) is 0 Å². The number of nitrogens with one attached hydrogen (secondary N) is 1. The molecule has 2 aromatic rings. The Labute approximate surface area is 162 Å². The second-order valence-electron chi connectivity index (χ2n) is 6.09. The van der Waals surface area contributed by atoms with E-state index in [2.05, 4.69) is 10.2 Å². The highest BCUT2D eigenvalue weighted by Gasteiger charge is 2.20. The van der Waals surface area contributed by atoms with E-state index in [0.717, 1.165) is 18.8 Å². The predicted octanol–water partition coefficient (Wildman–Crippen LogP) is 3.91. The smallest absolute Gasteiger partial charge is 0.257 e. The van der Waals surface area contributed by atoms with Crippen molar-refractivity contribution in [2.24, 2.45) is 0 Å². The first-order valence-corrected chi connectivity index (χ1v) is 9.07. The van der Waals surface area contributed by atoms with Gasteiger partial charge >= 0.3 is 0 Å². The zero-order chi connectivity index (χ0) is 18.7. The van der Waals surface area contributed by atoms with E-state index in [1.807, 2.05) is 17.0 Å². The van der Waals surface area contributed by atoms with Crippen LogP contribution in [0.5, 0.6) is 0 Å². The molecule has 1 fully saturated rings. The van der Waals surface area contributed by atoms with Crippen molar-refractivity contribution in [3.05, 3.63) is 58.1 Å². The van der Waals surface area contributed by atoms with Gasteiger partial charge in [-0.1, -0.05) is 35.3 Å². The molecule has 0 spiro atoms. The molecule has 136 valence electrons. The molecule has 0 aromatic heterocycles. The summed E-state index contributed by atoms with van der Waals surface area (Å²) in [6.07, 6.45) is 0. The van der Waals surface area contributed by atoms with Crippen molar-refractivity contribution in [3.63, 3.8) is 0 Å². The molecule has 26 heavy (non-hydrogen) atoms. The number of benzene rings is 2. The van der Waals surface area contributed by atoms with Gasteiger partial charge in [0.25, 0.3) is 5.91 Å². The Balaban J connectivity index is 1.69. The first-order valence-electron chi connectivity index (χ1n) is 8.31. The first-order chi connectivity index (χ1) is 12.5. The fourth-order valence-corrected chi connectivity index (χ4v) is 3.47. The second kappa shape index (κ2) is 7.98. The molecule has 1 aliphatic rings. The number of halogens is 2. The Morgan fingerprint density at radius 3 is 2.27 bits per heavy atom. The van der Waals surface area contributed by atoms with Gasteiger partial charge in [0, 0.05) is 38.8 Å². The quantitative estimate of drug-likeness (QED) is 0.862. The van der Waals surface area contributed by atoms with Crippen molar-refractivity contribution in [1.82, 2.24) is 4.90 Å². The van der Waals surface area contributed by atoms with E-state index in [1.54, 1.807) is 37.3 Å². The molecule has 3 rings (SSSR count). The minimum Gasteiger partial charge on any atom is -0.367 e. The third kappa shape index (κ3) is 4.11. The van der Waals surface area contributed by atoms with Crippen LogP contribution in [0.25, 0.3) is 0 Å². The van der Waals surface area contributed by atoms with Gasteiger partial charge in [-0.15, -0.1) is 0 Å². The van der Waals surface area contributed by atoms with Gasteiger partial charge in [-0.05, 0) is 30.3 Å². The summed E-state index contributed by atoms with van der Waals surface area (Å²) in [6, 6.07) is 12.3. The van der Waals surface area contributed by atoms with Crippen LogP contribution >= 0.6 is 23.2 Å². The molecule has 0 aliphatic carbocycles. The molecule has 0 bridgehead atoms. The minimum absolute atomic E-state index is 0.0911. The topological polar surface area (TPSA) is 52.7 Å². The van der Waals surface area contributed by atoms with Crippen molar-refractivity contribution in [3.8, 4) is 0 Å². The van der Waals surface area contributed by atoms with Crippen molar-refractivity contribution >= 4 is 46.4 Å². The lowest BCUT2D eigenvalue weighted by Gasteiger charge is -2.36. The molecule has 0 saturated carbocycles. The first kappa shape index (κ1) is 18.5. The normalized spacial score (nSPS) is 14.3. The van der Waals surface area contributed by atoms with Crippen LogP contribution in [0.1, 0.15) is 17.3 Å². The number of carbonyl (C=O) groups excluding carboxylic acids is 2.